The molecule has 0 aliphatic rings. The first-order valence-corrected chi connectivity index (χ1v) is 4.17. The molecule has 0 heterocycles. The van der Waals surface area contributed by atoms with Crippen molar-refractivity contribution in [1.29, 1.82) is 0 Å². The number of nitro benzene ring substituents is 1. The molecule has 1 rings (SSSR count). The normalized spacial score (nSPS) is 10.2. The maximum absolute atomic E-state index is 10.8. The van der Waals surface area contributed by atoms with Crippen LogP contribution in [0, 0.1) is 37.8 Å². The van der Waals surface area contributed by atoms with Crippen molar-refractivity contribution < 1.29 is 4.92 Å². The zero-order valence-electron chi connectivity index (χ0n) is 8.34. The predicted octanol–water partition coefficient (Wildman–Crippen LogP) is 2.83. The highest BCUT2D eigenvalue weighted by Crippen LogP contribution is 2.28. The molecule has 70 valence electrons. The molecular formula is C10H13NO2. The minimum Gasteiger partial charge on any atom is -0.258 e. The van der Waals surface area contributed by atoms with Crippen molar-refractivity contribution in [3.05, 3.63) is 38.4 Å². The number of hydrogen-bond donors (Lipinski definition) is 0. The maximum Gasteiger partial charge on any atom is 0.275 e. The van der Waals surface area contributed by atoms with E-state index >= 15 is 0 Å². The van der Waals surface area contributed by atoms with Gasteiger partial charge >= 0.3 is 0 Å². The van der Waals surface area contributed by atoms with E-state index in [9.17, 15) is 10.1 Å². The van der Waals surface area contributed by atoms with Gasteiger partial charge in [-0.1, -0.05) is 6.07 Å². The standard InChI is InChI=1S/C10H13NO2/c1-6-5-7(2)9(4)10(8(6)3)11(12)13/h5H,1-4H3. The summed E-state index contributed by atoms with van der Waals surface area (Å²) < 4.78 is 0. The zero-order chi connectivity index (χ0) is 10.2. The fraction of sp³-hybridized carbons (Fsp3) is 0.400. The van der Waals surface area contributed by atoms with Crippen LogP contribution in [0.3, 0.4) is 0 Å². The SMILES string of the molecule is Cc1cc(C)c(C)c([N+](=O)[O-])c1C. The summed E-state index contributed by atoms with van der Waals surface area (Å²) in [5.74, 6) is 0. The second-order valence-electron chi connectivity index (χ2n) is 3.37. The van der Waals surface area contributed by atoms with Gasteiger partial charge in [-0.2, -0.15) is 0 Å². The van der Waals surface area contributed by atoms with Crippen molar-refractivity contribution in [3.63, 3.8) is 0 Å². The molecule has 0 fully saturated rings. The summed E-state index contributed by atoms with van der Waals surface area (Å²) in [5, 5.41) is 10.8. The number of rotatable bonds is 1. The van der Waals surface area contributed by atoms with Crippen molar-refractivity contribution in [2.75, 3.05) is 0 Å². The van der Waals surface area contributed by atoms with Crippen LogP contribution in [0.25, 0.3) is 0 Å². The zero-order valence-corrected chi connectivity index (χ0v) is 8.34. The van der Waals surface area contributed by atoms with E-state index in [-0.39, 0.29) is 10.6 Å². The van der Waals surface area contributed by atoms with Crippen LogP contribution in [0.2, 0.25) is 0 Å². The van der Waals surface area contributed by atoms with E-state index in [2.05, 4.69) is 0 Å². The van der Waals surface area contributed by atoms with Crippen molar-refractivity contribution in [2.24, 2.45) is 0 Å². The van der Waals surface area contributed by atoms with Crippen LogP contribution in [0.15, 0.2) is 6.07 Å². The van der Waals surface area contributed by atoms with Crippen molar-refractivity contribution in [2.45, 2.75) is 27.7 Å². The van der Waals surface area contributed by atoms with Crippen LogP contribution in [0.5, 0.6) is 0 Å². The molecule has 0 amide bonds. The van der Waals surface area contributed by atoms with E-state index < -0.39 is 0 Å². The molecule has 1 aromatic rings. The molecule has 0 unspecified atom stereocenters. The van der Waals surface area contributed by atoms with Gasteiger partial charge in [0.05, 0.1) is 4.92 Å². The van der Waals surface area contributed by atoms with Crippen molar-refractivity contribution in [3.8, 4) is 0 Å². The number of nitrogens with zero attached hydrogens (tertiary/aromatic N) is 1. The summed E-state index contributed by atoms with van der Waals surface area (Å²) in [6.07, 6.45) is 0. The Morgan fingerprint density at radius 3 is 1.77 bits per heavy atom. The Hall–Kier alpha value is -1.38. The molecule has 0 aromatic heterocycles. The van der Waals surface area contributed by atoms with Crippen LogP contribution in [-0.4, -0.2) is 4.92 Å². The average molecular weight is 179 g/mol. The highest BCUT2D eigenvalue weighted by atomic mass is 16.6. The molecule has 0 aliphatic heterocycles. The first-order valence-electron chi connectivity index (χ1n) is 4.17. The predicted molar refractivity (Wildman–Crippen MR) is 52.0 cm³/mol. The summed E-state index contributed by atoms with van der Waals surface area (Å²) in [6, 6.07) is 1.98. The minimum absolute atomic E-state index is 0.262. The summed E-state index contributed by atoms with van der Waals surface area (Å²) in [7, 11) is 0. The summed E-state index contributed by atoms with van der Waals surface area (Å²) in [5.41, 5.74) is 3.77. The molecule has 0 saturated carbocycles. The van der Waals surface area contributed by atoms with Gasteiger partial charge in [0.15, 0.2) is 0 Å². The monoisotopic (exact) mass is 179 g/mol. The molecule has 3 heteroatoms. The maximum atomic E-state index is 10.8. The summed E-state index contributed by atoms with van der Waals surface area (Å²) in [6.45, 7) is 7.38. The van der Waals surface area contributed by atoms with Crippen LogP contribution < -0.4 is 0 Å². The quantitative estimate of drug-likeness (QED) is 0.491. The first kappa shape index (κ1) is 9.71. The summed E-state index contributed by atoms with van der Waals surface area (Å²) in [4.78, 5) is 10.5. The molecule has 13 heavy (non-hydrogen) atoms. The van der Waals surface area contributed by atoms with Gasteiger partial charge in [0.2, 0.25) is 0 Å². The average Bonchev–Trinajstić information content (AvgIpc) is 2.01. The Kier molecular flexibility index (Phi) is 2.36. The topological polar surface area (TPSA) is 43.1 Å². The number of aryl methyl sites for hydroxylation is 2. The third kappa shape index (κ3) is 1.54. The van der Waals surface area contributed by atoms with Gasteiger partial charge in [-0.25, -0.2) is 0 Å². The van der Waals surface area contributed by atoms with E-state index in [0.717, 1.165) is 22.3 Å². The second-order valence-corrected chi connectivity index (χ2v) is 3.37. The third-order valence-corrected chi connectivity index (χ3v) is 2.51. The molecule has 0 saturated heterocycles. The van der Waals surface area contributed by atoms with Gasteiger partial charge in [0.1, 0.15) is 0 Å². The highest BCUT2D eigenvalue weighted by Gasteiger charge is 2.17. The molecule has 0 N–H and O–H groups in total. The van der Waals surface area contributed by atoms with Gasteiger partial charge in [0, 0.05) is 11.1 Å². The molecule has 0 radical (unpaired) electrons. The van der Waals surface area contributed by atoms with E-state index in [0.29, 0.717) is 0 Å². The Morgan fingerprint density at radius 1 is 1.08 bits per heavy atom. The highest BCUT2D eigenvalue weighted by molar-refractivity contribution is 5.53. The summed E-state index contributed by atoms with van der Waals surface area (Å²) >= 11 is 0. The van der Waals surface area contributed by atoms with Crippen LogP contribution in [0.1, 0.15) is 22.3 Å². The van der Waals surface area contributed by atoms with Crippen molar-refractivity contribution >= 4 is 5.69 Å². The second kappa shape index (κ2) is 3.17. The van der Waals surface area contributed by atoms with E-state index in [4.69, 9.17) is 0 Å². The lowest BCUT2D eigenvalue weighted by atomic mass is 9.99. The van der Waals surface area contributed by atoms with Crippen LogP contribution >= 0.6 is 0 Å². The van der Waals surface area contributed by atoms with Gasteiger partial charge in [0.25, 0.3) is 5.69 Å². The Bertz CT molecular complexity index is 343. The lowest BCUT2D eigenvalue weighted by Gasteiger charge is -2.07. The Labute approximate surface area is 77.5 Å². The molecule has 0 atom stereocenters. The Morgan fingerprint density at radius 2 is 1.46 bits per heavy atom. The van der Waals surface area contributed by atoms with Crippen LogP contribution in [0.4, 0.5) is 5.69 Å². The molecular weight excluding hydrogens is 166 g/mol. The molecule has 0 spiro atoms. The van der Waals surface area contributed by atoms with Crippen molar-refractivity contribution in [1.82, 2.24) is 0 Å². The smallest absolute Gasteiger partial charge is 0.258 e. The number of nitro groups is 1. The van der Waals surface area contributed by atoms with Gasteiger partial charge in [-0.05, 0) is 38.8 Å². The molecule has 1 aromatic carbocycles. The third-order valence-electron chi connectivity index (χ3n) is 2.51. The Balaban J connectivity index is 3.56. The van der Waals surface area contributed by atoms with E-state index in [1.54, 1.807) is 13.8 Å². The molecule has 0 aliphatic carbocycles. The number of hydrogen-bond acceptors (Lipinski definition) is 2. The van der Waals surface area contributed by atoms with E-state index in [1.807, 2.05) is 19.9 Å². The lowest BCUT2D eigenvalue weighted by Crippen LogP contribution is -1.99. The van der Waals surface area contributed by atoms with Gasteiger partial charge < -0.3 is 0 Å². The molecule has 3 nitrogen and oxygen atoms in total. The largest absolute Gasteiger partial charge is 0.275 e. The fourth-order valence-corrected chi connectivity index (χ4v) is 1.47. The van der Waals surface area contributed by atoms with Gasteiger partial charge in [-0.3, -0.25) is 10.1 Å². The van der Waals surface area contributed by atoms with E-state index in [1.165, 1.54) is 0 Å². The van der Waals surface area contributed by atoms with Crippen LogP contribution in [-0.2, 0) is 0 Å². The first-order chi connectivity index (χ1) is 5.95. The lowest BCUT2D eigenvalue weighted by molar-refractivity contribution is -0.386. The fourth-order valence-electron chi connectivity index (χ4n) is 1.47. The van der Waals surface area contributed by atoms with Gasteiger partial charge in [-0.15, -0.1) is 0 Å². The number of benzene rings is 1. The molecule has 0 bridgehead atoms. The minimum atomic E-state index is -0.301.